The molecular weight excluding hydrogens is 276 g/mol. The van der Waals surface area contributed by atoms with Crippen molar-refractivity contribution in [2.24, 2.45) is 0 Å². The van der Waals surface area contributed by atoms with Crippen LogP contribution >= 0.6 is 11.6 Å². The molecule has 0 bridgehead atoms. The van der Waals surface area contributed by atoms with Crippen LogP contribution in [0.5, 0.6) is 11.5 Å². The van der Waals surface area contributed by atoms with Gasteiger partial charge in [0.15, 0.2) is 0 Å². The quantitative estimate of drug-likeness (QED) is 0.792. The Morgan fingerprint density at radius 2 is 1.90 bits per heavy atom. The molecule has 0 saturated heterocycles. The average molecular weight is 293 g/mol. The lowest BCUT2D eigenvalue weighted by molar-refractivity contribution is 0.314. The number of aromatic nitrogens is 1. The zero-order valence-corrected chi connectivity index (χ0v) is 12.1. The number of pyridine rings is 1. The summed E-state index contributed by atoms with van der Waals surface area (Å²) in [5.41, 5.74) is 0.895. The zero-order valence-electron chi connectivity index (χ0n) is 11.3. The molecule has 0 saturated carbocycles. The molecule has 1 aromatic heterocycles. The van der Waals surface area contributed by atoms with Crippen molar-refractivity contribution in [1.82, 2.24) is 4.98 Å². The molecule has 1 aromatic carbocycles. The van der Waals surface area contributed by atoms with E-state index in [9.17, 15) is 0 Å². The van der Waals surface area contributed by atoms with Crippen LogP contribution in [-0.4, -0.2) is 25.2 Å². The highest BCUT2D eigenvalue weighted by Gasteiger charge is 1.98. The predicted molar refractivity (Wildman–Crippen MR) is 80.8 cm³/mol. The summed E-state index contributed by atoms with van der Waals surface area (Å²) < 4.78 is 10.7. The van der Waals surface area contributed by atoms with Gasteiger partial charge in [0, 0.05) is 18.9 Å². The van der Waals surface area contributed by atoms with Crippen LogP contribution in [0.1, 0.15) is 6.42 Å². The predicted octanol–water partition coefficient (Wildman–Crippen LogP) is 3.62. The number of hydrogen-bond acceptors (Lipinski definition) is 4. The fraction of sp³-hybridized carbons (Fsp3) is 0.267. The van der Waals surface area contributed by atoms with Crippen LogP contribution in [0, 0.1) is 0 Å². The van der Waals surface area contributed by atoms with Gasteiger partial charge in [0.1, 0.15) is 11.5 Å². The molecule has 1 heterocycles. The van der Waals surface area contributed by atoms with Gasteiger partial charge in [0.05, 0.1) is 24.4 Å². The lowest BCUT2D eigenvalue weighted by atomic mass is 10.3. The normalized spacial score (nSPS) is 10.1. The van der Waals surface area contributed by atoms with Crippen LogP contribution < -0.4 is 14.8 Å². The Morgan fingerprint density at radius 3 is 2.60 bits per heavy atom. The molecule has 0 amide bonds. The minimum Gasteiger partial charge on any atom is -0.497 e. The number of rotatable bonds is 7. The zero-order chi connectivity index (χ0) is 14.2. The summed E-state index contributed by atoms with van der Waals surface area (Å²) in [4.78, 5) is 3.94. The molecule has 4 nitrogen and oxygen atoms in total. The van der Waals surface area contributed by atoms with Crippen LogP contribution in [0.25, 0.3) is 0 Å². The molecule has 5 heteroatoms. The Morgan fingerprint density at radius 1 is 1.15 bits per heavy atom. The minimum absolute atomic E-state index is 0.628. The van der Waals surface area contributed by atoms with E-state index in [1.165, 1.54) is 0 Å². The highest BCUT2D eigenvalue weighted by atomic mass is 35.5. The molecule has 0 spiro atoms. The molecule has 2 rings (SSSR count). The standard InChI is InChI=1S/C15H17ClN2O2/c1-19-12-3-5-13(6-4-12)20-10-2-8-18-15-7-9-17-11-14(15)16/h3-7,9,11H,2,8,10H2,1H3,(H,17,18). The van der Waals surface area contributed by atoms with Gasteiger partial charge in [-0.15, -0.1) is 0 Å². The number of halogens is 1. The highest BCUT2D eigenvalue weighted by molar-refractivity contribution is 6.33. The van der Waals surface area contributed by atoms with Crippen molar-refractivity contribution < 1.29 is 9.47 Å². The first kappa shape index (κ1) is 14.5. The van der Waals surface area contributed by atoms with E-state index in [1.54, 1.807) is 19.5 Å². The summed E-state index contributed by atoms with van der Waals surface area (Å²) in [6.45, 7) is 1.43. The second-order valence-corrected chi connectivity index (χ2v) is 4.57. The number of hydrogen-bond donors (Lipinski definition) is 1. The van der Waals surface area contributed by atoms with E-state index in [4.69, 9.17) is 21.1 Å². The number of anilines is 1. The number of methoxy groups -OCH3 is 1. The minimum atomic E-state index is 0.628. The Balaban J connectivity index is 1.67. The van der Waals surface area contributed by atoms with Gasteiger partial charge < -0.3 is 14.8 Å². The molecule has 0 fully saturated rings. The van der Waals surface area contributed by atoms with Gasteiger partial charge in [0.25, 0.3) is 0 Å². The summed E-state index contributed by atoms with van der Waals surface area (Å²) in [7, 11) is 1.64. The Hall–Kier alpha value is -1.94. The van der Waals surface area contributed by atoms with E-state index in [-0.39, 0.29) is 0 Å². The van der Waals surface area contributed by atoms with Gasteiger partial charge in [-0.2, -0.15) is 0 Å². The van der Waals surface area contributed by atoms with Crippen molar-refractivity contribution in [3.63, 3.8) is 0 Å². The van der Waals surface area contributed by atoms with E-state index in [0.29, 0.717) is 11.6 Å². The molecule has 20 heavy (non-hydrogen) atoms. The maximum absolute atomic E-state index is 5.99. The maximum atomic E-state index is 5.99. The fourth-order valence-electron chi connectivity index (χ4n) is 1.68. The third kappa shape index (κ3) is 4.31. The molecule has 2 aromatic rings. The topological polar surface area (TPSA) is 43.4 Å². The number of nitrogens with zero attached hydrogens (tertiary/aromatic N) is 1. The molecule has 0 radical (unpaired) electrons. The van der Waals surface area contributed by atoms with Crippen LogP contribution in [0.2, 0.25) is 5.02 Å². The second-order valence-electron chi connectivity index (χ2n) is 4.16. The fourth-order valence-corrected chi connectivity index (χ4v) is 1.86. The molecule has 0 atom stereocenters. The van der Waals surface area contributed by atoms with E-state index in [1.807, 2.05) is 30.3 Å². The van der Waals surface area contributed by atoms with Crippen molar-refractivity contribution in [1.29, 1.82) is 0 Å². The van der Waals surface area contributed by atoms with Crippen molar-refractivity contribution >= 4 is 17.3 Å². The van der Waals surface area contributed by atoms with Gasteiger partial charge in [-0.1, -0.05) is 11.6 Å². The Bertz CT molecular complexity index is 532. The van der Waals surface area contributed by atoms with E-state index >= 15 is 0 Å². The van der Waals surface area contributed by atoms with Crippen molar-refractivity contribution in [3.05, 3.63) is 47.7 Å². The van der Waals surface area contributed by atoms with E-state index in [2.05, 4.69) is 10.3 Å². The van der Waals surface area contributed by atoms with Crippen LogP contribution in [0.3, 0.4) is 0 Å². The first-order chi connectivity index (χ1) is 9.79. The number of ether oxygens (including phenoxy) is 2. The first-order valence-electron chi connectivity index (χ1n) is 6.40. The summed E-state index contributed by atoms with van der Waals surface area (Å²) in [6.07, 6.45) is 4.21. The molecule has 106 valence electrons. The second kappa shape index (κ2) is 7.60. The average Bonchev–Trinajstić information content (AvgIpc) is 2.49. The van der Waals surface area contributed by atoms with Crippen molar-refractivity contribution in [2.45, 2.75) is 6.42 Å². The molecule has 0 aliphatic heterocycles. The lowest BCUT2D eigenvalue weighted by Crippen LogP contribution is -2.07. The Kier molecular flexibility index (Phi) is 5.50. The lowest BCUT2D eigenvalue weighted by Gasteiger charge is -2.09. The smallest absolute Gasteiger partial charge is 0.119 e. The van der Waals surface area contributed by atoms with E-state index < -0.39 is 0 Å². The van der Waals surface area contributed by atoms with Gasteiger partial charge in [0.2, 0.25) is 0 Å². The number of nitrogens with one attached hydrogen (secondary N) is 1. The largest absolute Gasteiger partial charge is 0.497 e. The van der Waals surface area contributed by atoms with Crippen LogP contribution in [0.4, 0.5) is 5.69 Å². The highest BCUT2D eigenvalue weighted by Crippen LogP contribution is 2.19. The van der Waals surface area contributed by atoms with Gasteiger partial charge >= 0.3 is 0 Å². The summed E-state index contributed by atoms with van der Waals surface area (Å²) >= 11 is 5.99. The van der Waals surface area contributed by atoms with Crippen LogP contribution in [0.15, 0.2) is 42.7 Å². The van der Waals surface area contributed by atoms with Gasteiger partial charge in [-0.25, -0.2) is 0 Å². The maximum Gasteiger partial charge on any atom is 0.119 e. The van der Waals surface area contributed by atoms with Gasteiger partial charge in [-0.05, 0) is 36.8 Å². The third-order valence-electron chi connectivity index (χ3n) is 2.74. The molecule has 0 aliphatic rings. The molecule has 0 unspecified atom stereocenters. The van der Waals surface area contributed by atoms with Crippen molar-refractivity contribution in [3.8, 4) is 11.5 Å². The molecule has 0 aliphatic carbocycles. The number of benzene rings is 1. The SMILES string of the molecule is COc1ccc(OCCCNc2ccncc2Cl)cc1. The molecule has 1 N–H and O–H groups in total. The van der Waals surface area contributed by atoms with Gasteiger partial charge in [-0.3, -0.25) is 4.98 Å². The van der Waals surface area contributed by atoms with Crippen molar-refractivity contribution in [2.75, 3.05) is 25.6 Å². The monoisotopic (exact) mass is 292 g/mol. The van der Waals surface area contributed by atoms with Crippen LogP contribution in [-0.2, 0) is 0 Å². The summed E-state index contributed by atoms with van der Waals surface area (Å²) in [6, 6.07) is 9.40. The Labute approximate surface area is 123 Å². The first-order valence-corrected chi connectivity index (χ1v) is 6.77. The molecular formula is C15H17ClN2O2. The third-order valence-corrected chi connectivity index (χ3v) is 3.04. The summed E-state index contributed by atoms with van der Waals surface area (Å²) in [5, 5.41) is 3.87. The van der Waals surface area contributed by atoms with E-state index in [0.717, 1.165) is 30.2 Å². The summed E-state index contributed by atoms with van der Waals surface area (Å²) in [5.74, 6) is 1.67.